The van der Waals surface area contributed by atoms with Crippen molar-refractivity contribution in [3.05, 3.63) is 126 Å². The number of rotatable bonds is 4. The number of anilines is 3. The number of benzene rings is 2. The Morgan fingerprint density at radius 1 is 0.586 bits per heavy atom. The fourth-order valence-electron chi connectivity index (χ4n) is 6.83. The molecular weight excluding hydrogens is 762 g/mol. The molecule has 10 rings (SSSR count). The number of fused-ring (bicyclic) bond motifs is 4. The highest BCUT2D eigenvalue weighted by molar-refractivity contribution is 6.33. The Kier molecular flexibility index (Phi) is 9.25. The Labute approximate surface area is 334 Å². The summed E-state index contributed by atoms with van der Waals surface area (Å²) in [5.74, 6) is 1.42. The summed E-state index contributed by atoms with van der Waals surface area (Å²) in [5, 5.41) is 2.05. The lowest BCUT2D eigenvalue weighted by Crippen LogP contribution is -2.32. The van der Waals surface area contributed by atoms with Crippen LogP contribution >= 0.6 is 11.6 Å². The van der Waals surface area contributed by atoms with Crippen molar-refractivity contribution in [3.63, 3.8) is 0 Å². The molecule has 2 aliphatic heterocycles. The van der Waals surface area contributed by atoms with Gasteiger partial charge in [-0.15, -0.1) is 0 Å². The van der Waals surface area contributed by atoms with Crippen LogP contribution in [0.2, 0.25) is 5.15 Å². The highest BCUT2D eigenvalue weighted by Crippen LogP contribution is 2.32. The second kappa shape index (κ2) is 14.8. The monoisotopic (exact) mass is 793 g/mol. The van der Waals surface area contributed by atoms with Crippen molar-refractivity contribution in [2.75, 3.05) is 41.8 Å². The first-order chi connectivity index (χ1) is 28.2. The van der Waals surface area contributed by atoms with Crippen LogP contribution in [-0.2, 0) is 0 Å². The number of hydrogen-bond acceptors (Lipinski definition) is 13. The Morgan fingerprint density at radius 2 is 1.05 bits per heavy atom. The van der Waals surface area contributed by atoms with Gasteiger partial charge in [0.2, 0.25) is 11.8 Å². The van der Waals surface area contributed by atoms with Crippen LogP contribution in [0.4, 0.5) is 17.2 Å². The molecule has 0 saturated carbocycles. The summed E-state index contributed by atoms with van der Waals surface area (Å²) < 4.78 is 15.2. The topological polar surface area (TPSA) is 198 Å². The number of carbonyl (C=O) groups excluding carboxylic acids is 2. The fraction of sp³-hybridized carbons (Fsp3) is 0.150. The maximum atomic E-state index is 13.1. The Balaban J connectivity index is 0.000000150. The van der Waals surface area contributed by atoms with Gasteiger partial charge in [0.15, 0.2) is 0 Å². The number of nitrogen functional groups attached to an aromatic ring is 1. The van der Waals surface area contributed by atoms with Gasteiger partial charge in [-0.1, -0.05) is 11.6 Å². The zero-order chi connectivity index (χ0) is 39.9. The number of aromatic nitrogens is 10. The average Bonchev–Trinajstić information content (AvgIpc) is 3.75. The van der Waals surface area contributed by atoms with Gasteiger partial charge in [-0.3, -0.25) is 9.59 Å². The molecule has 8 heterocycles. The normalized spacial score (nSPS) is 13.8. The van der Waals surface area contributed by atoms with Crippen LogP contribution in [0.3, 0.4) is 0 Å². The molecule has 18 heteroatoms. The first-order valence-corrected chi connectivity index (χ1v) is 18.4. The van der Waals surface area contributed by atoms with Gasteiger partial charge in [0.1, 0.15) is 59.6 Å². The minimum absolute atomic E-state index is 0.0819. The van der Waals surface area contributed by atoms with E-state index < -0.39 is 0 Å². The van der Waals surface area contributed by atoms with Crippen LogP contribution in [0.15, 0.2) is 98.4 Å². The highest BCUT2D eigenvalue weighted by atomic mass is 35.5. The Morgan fingerprint density at radius 3 is 1.57 bits per heavy atom. The van der Waals surface area contributed by atoms with Gasteiger partial charge >= 0.3 is 0 Å². The number of carbonyl (C=O) groups is 2. The smallest absolute Gasteiger partial charge is 0.267 e. The van der Waals surface area contributed by atoms with E-state index in [1.165, 1.54) is 12.7 Å². The van der Waals surface area contributed by atoms with E-state index in [9.17, 15) is 9.59 Å². The number of hydrogen-bond donors (Lipinski definition) is 1. The minimum atomic E-state index is -0.284. The van der Waals surface area contributed by atoms with Crippen LogP contribution in [0, 0.1) is 13.8 Å². The van der Waals surface area contributed by atoms with E-state index in [1.807, 2.05) is 83.9 Å². The molecule has 2 aliphatic rings. The summed E-state index contributed by atoms with van der Waals surface area (Å²) in [6.45, 7) is 5.08. The SMILES string of the molecule is Cc1ncc(-n2ccc3cc(N4CCOc5ncnc(Cl)c5C4=O)ccc32)cn1.Cc1ncc(-n2ccc3cc(N4CCOc5ncnc(N)c5C4=O)ccc32)cn1. The van der Waals surface area contributed by atoms with Crippen molar-refractivity contribution in [2.24, 2.45) is 0 Å². The van der Waals surface area contributed by atoms with Crippen molar-refractivity contribution in [1.29, 1.82) is 0 Å². The fourth-order valence-corrected chi connectivity index (χ4v) is 7.04. The third kappa shape index (κ3) is 6.62. The molecule has 0 aliphatic carbocycles. The van der Waals surface area contributed by atoms with Crippen LogP contribution < -0.4 is 25.0 Å². The summed E-state index contributed by atoms with van der Waals surface area (Å²) in [4.78, 5) is 62.5. The molecule has 0 spiro atoms. The van der Waals surface area contributed by atoms with Gasteiger partial charge in [-0.05, 0) is 62.4 Å². The van der Waals surface area contributed by atoms with Gasteiger partial charge < -0.3 is 34.1 Å². The number of ether oxygens (including phenoxy) is 2. The van der Waals surface area contributed by atoms with E-state index in [2.05, 4.69) is 39.9 Å². The predicted octanol–water partition coefficient (Wildman–Crippen LogP) is 5.35. The summed E-state index contributed by atoms with van der Waals surface area (Å²) >= 11 is 6.15. The van der Waals surface area contributed by atoms with Gasteiger partial charge in [0.05, 0.1) is 60.3 Å². The van der Waals surface area contributed by atoms with Crippen molar-refractivity contribution >= 4 is 62.4 Å². The second-order valence-electron chi connectivity index (χ2n) is 13.2. The Hall–Kier alpha value is -7.53. The molecule has 2 N–H and O–H groups in total. The molecular formula is C40H32ClN13O4. The zero-order valence-corrected chi connectivity index (χ0v) is 31.8. The van der Waals surface area contributed by atoms with Crippen LogP contribution in [-0.4, -0.2) is 87.1 Å². The van der Waals surface area contributed by atoms with E-state index in [1.54, 1.807) is 34.6 Å². The molecule has 0 saturated heterocycles. The molecule has 17 nitrogen and oxygen atoms in total. The van der Waals surface area contributed by atoms with E-state index in [0.29, 0.717) is 26.3 Å². The van der Waals surface area contributed by atoms with Crippen molar-refractivity contribution in [1.82, 2.24) is 49.0 Å². The number of aryl methyl sites for hydroxylation is 2. The van der Waals surface area contributed by atoms with E-state index in [4.69, 9.17) is 26.8 Å². The maximum absolute atomic E-state index is 13.1. The van der Waals surface area contributed by atoms with Gasteiger partial charge in [-0.2, -0.15) is 0 Å². The molecule has 6 aromatic heterocycles. The van der Waals surface area contributed by atoms with E-state index in [0.717, 1.165) is 56.2 Å². The number of halogens is 1. The second-order valence-corrected chi connectivity index (χ2v) is 13.6. The molecule has 2 amide bonds. The van der Waals surface area contributed by atoms with E-state index in [-0.39, 0.29) is 45.7 Å². The lowest BCUT2D eigenvalue weighted by molar-refractivity contribution is 0.0982. The number of amides is 2. The van der Waals surface area contributed by atoms with Crippen molar-refractivity contribution < 1.29 is 19.1 Å². The quantitative estimate of drug-likeness (QED) is 0.224. The summed E-state index contributed by atoms with van der Waals surface area (Å²) in [7, 11) is 0. The summed E-state index contributed by atoms with van der Waals surface area (Å²) in [6, 6.07) is 15.6. The number of nitrogens with two attached hydrogens (primary N) is 1. The zero-order valence-electron chi connectivity index (χ0n) is 31.0. The molecule has 0 bridgehead atoms. The molecule has 0 unspecified atom stereocenters. The molecule has 288 valence electrons. The minimum Gasteiger partial charge on any atom is -0.475 e. The molecule has 2 aromatic carbocycles. The first-order valence-electron chi connectivity index (χ1n) is 18.0. The molecule has 0 fully saturated rings. The third-order valence-electron chi connectivity index (χ3n) is 9.70. The van der Waals surface area contributed by atoms with Crippen LogP contribution in [0.1, 0.15) is 32.4 Å². The number of nitrogens with zero attached hydrogens (tertiary/aromatic N) is 12. The van der Waals surface area contributed by atoms with Gasteiger partial charge in [0, 0.05) is 34.5 Å². The average molecular weight is 794 g/mol. The van der Waals surface area contributed by atoms with Crippen LogP contribution in [0.25, 0.3) is 33.2 Å². The van der Waals surface area contributed by atoms with Gasteiger partial charge in [0.25, 0.3) is 11.8 Å². The largest absolute Gasteiger partial charge is 0.475 e. The molecule has 58 heavy (non-hydrogen) atoms. The van der Waals surface area contributed by atoms with Crippen molar-refractivity contribution in [2.45, 2.75) is 13.8 Å². The van der Waals surface area contributed by atoms with E-state index >= 15 is 0 Å². The standard InChI is InChI=1S/C20H15ClN6O2.C20H17N7O2/c2*1-12-22-9-15(10-23-12)26-5-4-13-8-14(2-3-16(13)26)27-6-7-29-19-17(20(27)28)18(21)24-11-25-19/h2-5,8-11H,6-7H2,1H3;2-5,8-11H,6-7H2,1H3,(H2,21,24,25). The lowest BCUT2D eigenvalue weighted by atomic mass is 10.2. The summed E-state index contributed by atoms with van der Waals surface area (Å²) in [6.07, 6.45) is 13.6. The molecule has 0 atom stereocenters. The van der Waals surface area contributed by atoms with Gasteiger partial charge in [-0.25, -0.2) is 39.9 Å². The third-order valence-corrected chi connectivity index (χ3v) is 9.98. The molecule has 8 aromatic rings. The molecule has 0 radical (unpaired) electrons. The first kappa shape index (κ1) is 36.1. The highest BCUT2D eigenvalue weighted by Gasteiger charge is 2.30. The van der Waals surface area contributed by atoms with Crippen molar-refractivity contribution in [3.8, 4) is 23.1 Å². The lowest BCUT2D eigenvalue weighted by Gasteiger charge is -2.20. The predicted molar refractivity (Wildman–Crippen MR) is 215 cm³/mol. The van der Waals surface area contributed by atoms with Crippen LogP contribution in [0.5, 0.6) is 11.8 Å². The summed E-state index contributed by atoms with van der Waals surface area (Å²) in [5.41, 5.74) is 11.5. The Bertz CT molecular complexity index is 2670. The maximum Gasteiger partial charge on any atom is 0.267 e.